The van der Waals surface area contributed by atoms with Gasteiger partial charge in [-0.3, -0.25) is 0 Å². The highest BCUT2D eigenvalue weighted by Gasteiger charge is 2.51. The van der Waals surface area contributed by atoms with Gasteiger partial charge in [0.05, 0.1) is 5.54 Å². The van der Waals surface area contributed by atoms with Crippen molar-refractivity contribution in [3.8, 4) is 0 Å². The molecule has 0 aromatic carbocycles. The lowest BCUT2D eigenvalue weighted by molar-refractivity contribution is -0.0636. The molecule has 0 amide bonds. The average Bonchev–Trinajstić information content (AvgIpc) is 2.17. The van der Waals surface area contributed by atoms with Gasteiger partial charge in [0.2, 0.25) is 0 Å². The van der Waals surface area contributed by atoms with Gasteiger partial charge in [0.1, 0.15) is 0 Å². The lowest BCUT2D eigenvalue weighted by Crippen LogP contribution is -2.61. The number of halogens is 2. The van der Waals surface area contributed by atoms with Crippen LogP contribution in [0.1, 0.15) is 53.4 Å². The zero-order chi connectivity index (χ0) is 12.4. The third-order valence-corrected chi connectivity index (χ3v) is 3.90. The Balaban J connectivity index is 3.00. The molecule has 0 aromatic heterocycles. The molecule has 2 atom stereocenters. The molecular weight excluding hydrogens is 208 g/mol. The predicted octanol–water partition coefficient (Wildman–Crippen LogP) is 3.84. The van der Waals surface area contributed by atoms with Crippen molar-refractivity contribution in [1.29, 1.82) is 0 Å². The van der Waals surface area contributed by atoms with Crippen molar-refractivity contribution in [3.05, 3.63) is 0 Å². The first kappa shape index (κ1) is 13.9. The van der Waals surface area contributed by atoms with Crippen LogP contribution in [0, 0.1) is 11.3 Å². The largest absolute Gasteiger partial charge is 0.306 e. The van der Waals surface area contributed by atoms with Crippen molar-refractivity contribution in [3.63, 3.8) is 0 Å². The summed E-state index contributed by atoms with van der Waals surface area (Å²) in [5.41, 5.74) is -1.01. The fourth-order valence-corrected chi connectivity index (χ4v) is 3.28. The van der Waals surface area contributed by atoms with Crippen LogP contribution in [0.4, 0.5) is 8.78 Å². The Kier molecular flexibility index (Phi) is 4.33. The van der Waals surface area contributed by atoms with Crippen LogP contribution in [-0.4, -0.2) is 18.5 Å². The molecule has 16 heavy (non-hydrogen) atoms. The van der Waals surface area contributed by atoms with E-state index in [0.717, 1.165) is 19.3 Å². The zero-order valence-electron chi connectivity index (χ0n) is 10.9. The van der Waals surface area contributed by atoms with E-state index in [0.29, 0.717) is 13.0 Å². The van der Waals surface area contributed by atoms with Crippen molar-refractivity contribution in [2.45, 2.75) is 65.3 Å². The van der Waals surface area contributed by atoms with Gasteiger partial charge >= 0.3 is 0 Å². The molecule has 0 aromatic rings. The molecule has 1 aliphatic carbocycles. The highest BCUT2D eigenvalue weighted by Crippen LogP contribution is 2.47. The minimum atomic E-state index is -2.27. The second-order valence-electron chi connectivity index (χ2n) is 6.04. The molecule has 0 aliphatic heterocycles. The van der Waals surface area contributed by atoms with E-state index < -0.39 is 12.0 Å². The average molecular weight is 233 g/mol. The van der Waals surface area contributed by atoms with E-state index in [1.165, 1.54) is 0 Å². The van der Waals surface area contributed by atoms with E-state index in [-0.39, 0.29) is 11.3 Å². The van der Waals surface area contributed by atoms with Crippen LogP contribution in [0.3, 0.4) is 0 Å². The second kappa shape index (κ2) is 4.99. The molecule has 3 heteroatoms. The van der Waals surface area contributed by atoms with E-state index >= 15 is 0 Å². The Morgan fingerprint density at radius 1 is 1.31 bits per heavy atom. The van der Waals surface area contributed by atoms with Crippen LogP contribution < -0.4 is 5.32 Å². The third-order valence-electron chi connectivity index (χ3n) is 3.90. The fourth-order valence-electron chi connectivity index (χ4n) is 3.28. The van der Waals surface area contributed by atoms with Crippen LogP contribution in [0.5, 0.6) is 0 Å². The monoisotopic (exact) mass is 233 g/mol. The van der Waals surface area contributed by atoms with Crippen molar-refractivity contribution >= 4 is 0 Å². The lowest BCUT2D eigenvalue weighted by atomic mass is 9.62. The Bertz CT molecular complexity index is 218. The molecular formula is C13H25F2N. The summed E-state index contributed by atoms with van der Waals surface area (Å²) in [5, 5.41) is 3.10. The van der Waals surface area contributed by atoms with Crippen LogP contribution in [0.15, 0.2) is 0 Å². The minimum Gasteiger partial charge on any atom is -0.306 e. The van der Waals surface area contributed by atoms with Crippen LogP contribution in [-0.2, 0) is 0 Å². The predicted molar refractivity (Wildman–Crippen MR) is 63.8 cm³/mol. The first-order valence-corrected chi connectivity index (χ1v) is 6.37. The molecule has 1 saturated carbocycles. The molecule has 0 heterocycles. The highest BCUT2D eigenvalue weighted by atomic mass is 19.3. The first-order valence-electron chi connectivity index (χ1n) is 6.37. The SMILES string of the molecule is CCNC1(C(F)F)CCCCC1C(C)(C)C. The summed E-state index contributed by atoms with van der Waals surface area (Å²) in [6, 6.07) is 0. The van der Waals surface area contributed by atoms with Crippen molar-refractivity contribution in [2.75, 3.05) is 6.54 Å². The van der Waals surface area contributed by atoms with Crippen LogP contribution in [0.25, 0.3) is 0 Å². The highest BCUT2D eigenvalue weighted by molar-refractivity contribution is 5.03. The van der Waals surface area contributed by atoms with Crippen molar-refractivity contribution in [2.24, 2.45) is 11.3 Å². The summed E-state index contributed by atoms with van der Waals surface area (Å²) in [6.45, 7) is 8.78. The Morgan fingerprint density at radius 2 is 1.94 bits per heavy atom. The maximum absolute atomic E-state index is 13.5. The van der Waals surface area contributed by atoms with E-state index in [1.807, 2.05) is 6.92 Å². The molecule has 0 spiro atoms. The van der Waals surface area contributed by atoms with Gasteiger partial charge < -0.3 is 5.32 Å². The molecule has 0 radical (unpaired) electrons. The van der Waals surface area contributed by atoms with Gasteiger partial charge in [0, 0.05) is 0 Å². The first-order chi connectivity index (χ1) is 7.34. The summed E-state index contributed by atoms with van der Waals surface area (Å²) in [4.78, 5) is 0. The lowest BCUT2D eigenvalue weighted by Gasteiger charge is -2.50. The molecule has 1 rings (SSSR count). The summed E-state index contributed by atoms with van der Waals surface area (Å²) in [5.74, 6) is 0.0636. The van der Waals surface area contributed by atoms with Crippen LogP contribution >= 0.6 is 0 Å². The van der Waals surface area contributed by atoms with E-state index in [9.17, 15) is 8.78 Å². The zero-order valence-corrected chi connectivity index (χ0v) is 10.9. The molecule has 1 fully saturated rings. The maximum Gasteiger partial charge on any atom is 0.256 e. The number of hydrogen-bond donors (Lipinski definition) is 1. The van der Waals surface area contributed by atoms with Crippen molar-refractivity contribution in [1.82, 2.24) is 5.32 Å². The molecule has 0 bridgehead atoms. The number of rotatable bonds is 3. The number of hydrogen-bond acceptors (Lipinski definition) is 1. The molecule has 96 valence electrons. The fraction of sp³-hybridized carbons (Fsp3) is 1.00. The summed E-state index contributed by atoms with van der Waals surface area (Å²) in [7, 11) is 0. The second-order valence-corrected chi connectivity index (χ2v) is 6.04. The van der Waals surface area contributed by atoms with Gasteiger partial charge in [-0.1, -0.05) is 40.5 Å². The van der Waals surface area contributed by atoms with Gasteiger partial charge in [0.15, 0.2) is 0 Å². The Hall–Kier alpha value is -0.180. The summed E-state index contributed by atoms with van der Waals surface area (Å²) in [6.07, 6.45) is 1.27. The van der Waals surface area contributed by atoms with E-state index in [1.54, 1.807) is 0 Å². The number of alkyl halides is 2. The van der Waals surface area contributed by atoms with Crippen LogP contribution in [0.2, 0.25) is 0 Å². The molecule has 1 N–H and O–H groups in total. The van der Waals surface area contributed by atoms with Gasteiger partial charge in [-0.15, -0.1) is 0 Å². The molecule has 1 nitrogen and oxygen atoms in total. The van der Waals surface area contributed by atoms with Crippen molar-refractivity contribution < 1.29 is 8.78 Å². The maximum atomic E-state index is 13.5. The third kappa shape index (κ3) is 2.55. The topological polar surface area (TPSA) is 12.0 Å². The normalized spacial score (nSPS) is 32.1. The summed E-state index contributed by atoms with van der Waals surface area (Å²) < 4.78 is 27.0. The number of nitrogens with one attached hydrogen (secondary N) is 1. The van der Waals surface area contributed by atoms with Gasteiger partial charge in [-0.05, 0) is 30.7 Å². The Labute approximate surface area is 98.0 Å². The summed E-state index contributed by atoms with van der Waals surface area (Å²) >= 11 is 0. The molecule has 2 unspecified atom stereocenters. The van der Waals surface area contributed by atoms with Gasteiger partial charge in [-0.25, -0.2) is 8.78 Å². The smallest absolute Gasteiger partial charge is 0.256 e. The van der Waals surface area contributed by atoms with Gasteiger partial charge in [-0.2, -0.15) is 0 Å². The Morgan fingerprint density at radius 3 is 2.38 bits per heavy atom. The molecule has 1 aliphatic rings. The van der Waals surface area contributed by atoms with E-state index in [2.05, 4.69) is 26.1 Å². The minimum absolute atomic E-state index is 0.0565. The standard InChI is InChI=1S/C13H25F2N/c1-5-16-13(11(14)15)9-7-6-8-10(13)12(2,3)4/h10-11,16H,5-9H2,1-4H3. The van der Waals surface area contributed by atoms with Gasteiger partial charge in [0.25, 0.3) is 6.43 Å². The van der Waals surface area contributed by atoms with E-state index in [4.69, 9.17) is 0 Å². The molecule has 0 saturated heterocycles. The quantitative estimate of drug-likeness (QED) is 0.781.